The Kier molecular flexibility index (Phi) is 5.03. The fourth-order valence-electron chi connectivity index (χ4n) is 2.33. The first-order valence-electron chi connectivity index (χ1n) is 6.76. The second-order valence-corrected chi connectivity index (χ2v) is 5.88. The van der Waals surface area contributed by atoms with Crippen LogP contribution in [0, 0.1) is 3.57 Å². The second kappa shape index (κ2) is 6.54. The van der Waals surface area contributed by atoms with Crippen LogP contribution >= 0.6 is 22.6 Å². The predicted octanol–water partition coefficient (Wildman–Crippen LogP) is 2.71. The van der Waals surface area contributed by atoms with E-state index in [9.17, 15) is 4.79 Å². The molecule has 18 heavy (non-hydrogen) atoms. The van der Waals surface area contributed by atoms with Gasteiger partial charge in [0.15, 0.2) is 0 Å². The van der Waals surface area contributed by atoms with Crippen molar-refractivity contribution in [2.45, 2.75) is 45.4 Å². The Labute approximate surface area is 121 Å². The van der Waals surface area contributed by atoms with E-state index in [-0.39, 0.29) is 5.56 Å². The maximum atomic E-state index is 11.9. The normalized spacial score (nSPS) is 16.7. The molecule has 1 N–H and O–H groups in total. The highest BCUT2D eigenvalue weighted by molar-refractivity contribution is 14.1. The molecule has 2 heterocycles. The van der Waals surface area contributed by atoms with Gasteiger partial charge in [-0.05, 0) is 41.9 Å². The average molecular weight is 361 g/mol. The van der Waals surface area contributed by atoms with E-state index in [1.165, 1.54) is 25.7 Å². The molecule has 0 aromatic carbocycles. The molecule has 0 spiro atoms. The van der Waals surface area contributed by atoms with Gasteiger partial charge in [-0.1, -0.05) is 26.2 Å². The lowest BCUT2D eigenvalue weighted by molar-refractivity contribution is 0.726. The van der Waals surface area contributed by atoms with Crippen molar-refractivity contribution in [1.82, 2.24) is 9.97 Å². The molecule has 1 aromatic rings. The fraction of sp³-hybridized carbons (Fsp3) is 0.692. The van der Waals surface area contributed by atoms with Crippen molar-refractivity contribution in [2.75, 3.05) is 18.0 Å². The molecule has 1 fully saturated rings. The SMILES string of the molecule is CCCc1nc(N2CCCCCC2)[nH]c(=O)c1I. The first-order chi connectivity index (χ1) is 8.72. The lowest BCUT2D eigenvalue weighted by atomic mass is 10.2. The van der Waals surface area contributed by atoms with Gasteiger partial charge >= 0.3 is 0 Å². The van der Waals surface area contributed by atoms with E-state index < -0.39 is 0 Å². The highest BCUT2D eigenvalue weighted by atomic mass is 127. The summed E-state index contributed by atoms with van der Waals surface area (Å²) in [6.07, 6.45) is 6.85. The van der Waals surface area contributed by atoms with Crippen LogP contribution in [0.3, 0.4) is 0 Å². The first kappa shape index (κ1) is 13.8. The Morgan fingerprint density at radius 1 is 1.28 bits per heavy atom. The molecule has 5 heteroatoms. The highest BCUT2D eigenvalue weighted by Gasteiger charge is 2.15. The summed E-state index contributed by atoms with van der Waals surface area (Å²) in [5.74, 6) is 0.769. The number of nitrogens with zero attached hydrogens (tertiary/aromatic N) is 2. The zero-order valence-electron chi connectivity index (χ0n) is 10.8. The van der Waals surface area contributed by atoms with Gasteiger partial charge in [-0.15, -0.1) is 0 Å². The first-order valence-corrected chi connectivity index (χ1v) is 7.84. The zero-order valence-corrected chi connectivity index (χ0v) is 13.0. The Morgan fingerprint density at radius 3 is 2.56 bits per heavy atom. The fourth-order valence-corrected chi connectivity index (χ4v) is 2.85. The summed E-state index contributed by atoms with van der Waals surface area (Å²) in [7, 11) is 0. The third-order valence-electron chi connectivity index (χ3n) is 3.31. The maximum absolute atomic E-state index is 11.9. The van der Waals surface area contributed by atoms with Crippen LogP contribution in [0.5, 0.6) is 0 Å². The van der Waals surface area contributed by atoms with Gasteiger partial charge in [-0.3, -0.25) is 9.78 Å². The van der Waals surface area contributed by atoms with Crippen molar-refractivity contribution >= 4 is 28.5 Å². The number of hydrogen-bond acceptors (Lipinski definition) is 3. The number of aryl methyl sites for hydroxylation is 1. The molecule has 1 aromatic heterocycles. The molecule has 0 bridgehead atoms. The number of anilines is 1. The minimum Gasteiger partial charge on any atom is -0.342 e. The number of aromatic amines is 1. The number of hydrogen-bond donors (Lipinski definition) is 1. The van der Waals surface area contributed by atoms with E-state index in [1.807, 2.05) is 0 Å². The highest BCUT2D eigenvalue weighted by Crippen LogP contribution is 2.16. The van der Waals surface area contributed by atoms with Gasteiger partial charge in [-0.2, -0.15) is 0 Å². The summed E-state index contributed by atoms with van der Waals surface area (Å²) in [5, 5.41) is 0. The van der Waals surface area contributed by atoms with E-state index >= 15 is 0 Å². The van der Waals surface area contributed by atoms with Crippen LogP contribution in [-0.4, -0.2) is 23.1 Å². The molecule has 1 aliphatic heterocycles. The number of halogens is 1. The molecular weight excluding hydrogens is 341 g/mol. The number of H-pyrrole nitrogens is 1. The summed E-state index contributed by atoms with van der Waals surface area (Å²) in [6, 6.07) is 0. The number of rotatable bonds is 3. The quantitative estimate of drug-likeness (QED) is 0.843. The number of nitrogens with one attached hydrogen (secondary N) is 1. The van der Waals surface area contributed by atoms with Crippen molar-refractivity contribution in [2.24, 2.45) is 0 Å². The molecule has 0 saturated carbocycles. The van der Waals surface area contributed by atoms with Gasteiger partial charge in [0.2, 0.25) is 5.95 Å². The molecule has 0 unspecified atom stereocenters. The Balaban J connectivity index is 2.29. The van der Waals surface area contributed by atoms with E-state index in [0.29, 0.717) is 0 Å². The monoisotopic (exact) mass is 361 g/mol. The lowest BCUT2D eigenvalue weighted by Crippen LogP contribution is -2.29. The van der Waals surface area contributed by atoms with Gasteiger partial charge in [0.05, 0.1) is 9.26 Å². The standard InChI is InChI=1S/C13H20IN3O/c1-2-7-10-11(14)12(18)16-13(15-10)17-8-5-3-4-6-9-17/h2-9H2,1H3,(H,15,16,18). The van der Waals surface area contributed by atoms with E-state index in [0.717, 1.165) is 41.1 Å². The van der Waals surface area contributed by atoms with Gasteiger partial charge in [0, 0.05) is 13.1 Å². The lowest BCUT2D eigenvalue weighted by Gasteiger charge is -2.21. The number of aromatic nitrogens is 2. The van der Waals surface area contributed by atoms with Crippen molar-refractivity contribution in [3.8, 4) is 0 Å². The zero-order chi connectivity index (χ0) is 13.0. The summed E-state index contributed by atoms with van der Waals surface area (Å²) in [4.78, 5) is 21.7. The molecule has 0 amide bonds. The Bertz CT molecular complexity index is 450. The van der Waals surface area contributed by atoms with Crippen LogP contribution in [0.15, 0.2) is 4.79 Å². The smallest absolute Gasteiger partial charge is 0.265 e. The Morgan fingerprint density at radius 2 is 1.94 bits per heavy atom. The third kappa shape index (κ3) is 3.24. The Hall–Kier alpha value is -0.590. The van der Waals surface area contributed by atoms with Crippen LogP contribution < -0.4 is 10.5 Å². The van der Waals surface area contributed by atoms with Crippen molar-refractivity contribution in [3.05, 3.63) is 19.6 Å². The minimum absolute atomic E-state index is 0.00768. The molecule has 0 atom stereocenters. The molecule has 1 aliphatic rings. The third-order valence-corrected chi connectivity index (χ3v) is 4.42. The predicted molar refractivity (Wildman–Crippen MR) is 82.3 cm³/mol. The van der Waals surface area contributed by atoms with Crippen molar-refractivity contribution in [1.29, 1.82) is 0 Å². The molecular formula is C13H20IN3O. The molecule has 100 valence electrons. The summed E-state index contributed by atoms with van der Waals surface area (Å²) < 4.78 is 0.744. The van der Waals surface area contributed by atoms with Crippen molar-refractivity contribution in [3.63, 3.8) is 0 Å². The summed E-state index contributed by atoms with van der Waals surface area (Å²) in [5.41, 5.74) is 0.953. The topological polar surface area (TPSA) is 49.0 Å². The van der Waals surface area contributed by atoms with Crippen LogP contribution in [-0.2, 0) is 6.42 Å². The van der Waals surface area contributed by atoms with Gasteiger partial charge in [0.1, 0.15) is 0 Å². The second-order valence-electron chi connectivity index (χ2n) is 4.80. The van der Waals surface area contributed by atoms with Crippen LogP contribution in [0.25, 0.3) is 0 Å². The largest absolute Gasteiger partial charge is 0.342 e. The van der Waals surface area contributed by atoms with E-state index in [4.69, 9.17) is 0 Å². The molecule has 0 aliphatic carbocycles. The average Bonchev–Trinajstić information content (AvgIpc) is 2.63. The van der Waals surface area contributed by atoms with Gasteiger partial charge in [-0.25, -0.2) is 4.98 Å². The summed E-state index contributed by atoms with van der Waals surface area (Å²) >= 11 is 2.10. The molecule has 0 radical (unpaired) electrons. The van der Waals surface area contributed by atoms with Gasteiger partial charge in [0.25, 0.3) is 5.56 Å². The van der Waals surface area contributed by atoms with E-state index in [1.54, 1.807) is 0 Å². The van der Waals surface area contributed by atoms with Crippen LogP contribution in [0.1, 0.15) is 44.7 Å². The van der Waals surface area contributed by atoms with E-state index in [2.05, 4.69) is 44.4 Å². The molecule has 4 nitrogen and oxygen atoms in total. The molecule has 2 rings (SSSR count). The summed E-state index contributed by atoms with van der Waals surface area (Å²) in [6.45, 7) is 4.13. The maximum Gasteiger partial charge on any atom is 0.265 e. The van der Waals surface area contributed by atoms with Crippen LogP contribution in [0.2, 0.25) is 0 Å². The molecule has 1 saturated heterocycles. The minimum atomic E-state index is 0.00768. The van der Waals surface area contributed by atoms with Crippen molar-refractivity contribution < 1.29 is 0 Å². The van der Waals surface area contributed by atoms with Gasteiger partial charge < -0.3 is 4.90 Å². The van der Waals surface area contributed by atoms with Crippen LogP contribution in [0.4, 0.5) is 5.95 Å².